The van der Waals surface area contributed by atoms with Gasteiger partial charge in [0.25, 0.3) is 0 Å². The number of aliphatic imine (C=N–C) groups is 1. The second kappa shape index (κ2) is 4.20. The van der Waals surface area contributed by atoms with Crippen LogP contribution in [-0.2, 0) is 4.79 Å². The van der Waals surface area contributed by atoms with E-state index < -0.39 is 5.54 Å². The van der Waals surface area contributed by atoms with Gasteiger partial charge >= 0.3 is 0 Å². The Morgan fingerprint density at radius 1 is 1.29 bits per heavy atom. The van der Waals surface area contributed by atoms with Gasteiger partial charge in [-0.3, -0.25) is 9.79 Å². The molecule has 0 aliphatic carbocycles. The summed E-state index contributed by atoms with van der Waals surface area (Å²) < 4.78 is 0. The topological polar surface area (TPSA) is 44.7 Å². The van der Waals surface area contributed by atoms with E-state index in [4.69, 9.17) is 0 Å². The number of anilines is 1. The molecule has 0 unspecified atom stereocenters. The van der Waals surface area contributed by atoms with Crippen LogP contribution in [0, 0.1) is 0 Å². The normalized spacial score (nSPS) is 18.3. The van der Waals surface area contributed by atoms with Crippen LogP contribution in [0.3, 0.4) is 0 Å². The summed E-state index contributed by atoms with van der Waals surface area (Å²) in [5.74, 6) is 0.850. The molecule has 1 N–H and O–H groups in total. The van der Waals surface area contributed by atoms with Crippen molar-refractivity contribution in [3.63, 3.8) is 0 Å². The fourth-order valence-corrected chi connectivity index (χ4v) is 2.09. The summed E-state index contributed by atoms with van der Waals surface area (Å²) in [4.78, 5) is 17.7. The van der Waals surface area contributed by atoms with Gasteiger partial charge in [-0.15, -0.1) is 0 Å². The van der Waals surface area contributed by atoms with Crippen LogP contribution < -0.4 is 10.2 Å². The number of para-hydroxylation sites is 1. The highest BCUT2D eigenvalue weighted by Crippen LogP contribution is 2.19. The van der Waals surface area contributed by atoms with Crippen molar-refractivity contribution in [2.24, 2.45) is 4.99 Å². The van der Waals surface area contributed by atoms with E-state index in [1.807, 2.05) is 56.1 Å². The summed E-state index contributed by atoms with van der Waals surface area (Å²) in [6, 6.07) is 10.00. The second-order valence-electron chi connectivity index (χ2n) is 4.71. The summed E-state index contributed by atoms with van der Waals surface area (Å²) >= 11 is 0. The monoisotopic (exact) mass is 231 g/mol. The van der Waals surface area contributed by atoms with Crippen LogP contribution >= 0.6 is 0 Å². The van der Waals surface area contributed by atoms with Crippen molar-refractivity contribution in [1.82, 2.24) is 5.32 Å². The molecule has 1 aromatic carbocycles. The molecule has 2 rings (SSSR count). The first-order valence-corrected chi connectivity index (χ1v) is 5.65. The number of amidine groups is 1. The minimum absolute atomic E-state index is 0.0276. The predicted octanol–water partition coefficient (Wildman–Crippen LogP) is 1.43. The SMILES string of the molecule is CN(C1=NCC(=O)NC1(C)C)c1ccccc1. The highest BCUT2D eigenvalue weighted by molar-refractivity contribution is 6.08. The largest absolute Gasteiger partial charge is 0.342 e. The van der Waals surface area contributed by atoms with Crippen molar-refractivity contribution in [1.29, 1.82) is 0 Å². The summed E-state index contributed by atoms with van der Waals surface area (Å²) in [6.07, 6.45) is 0. The molecule has 0 saturated heterocycles. The van der Waals surface area contributed by atoms with Crippen molar-refractivity contribution >= 4 is 17.4 Å². The molecule has 0 atom stereocenters. The molecule has 17 heavy (non-hydrogen) atoms. The Morgan fingerprint density at radius 2 is 1.94 bits per heavy atom. The molecule has 4 nitrogen and oxygen atoms in total. The Bertz CT molecular complexity index is 451. The van der Waals surface area contributed by atoms with Gasteiger partial charge in [0.1, 0.15) is 12.4 Å². The van der Waals surface area contributed by atoms with Crippen molar-refractivity contribution in [3.05, 3.63) is 30.3 Å². The van der Waals surface area contributed by atoms with E-state index in [0.717, 1.165) is 11.5 Å². The number of carbonyl (C=O) groups is 1. The molecule has 0 bridgehead atoms. The van der Waals surface area contributed by atoms with Gasteiger partial charge in [-0.2, -0.15) is 0 Å². The third-order valence-electron chi connectivity index (χ3n) is 2.84. The number of hydrogen-bond acceptors (Lipinski definition) is 3. The van der Waals surface area contributed by atoms with E-state index in [-0.39, 0.29) is 12.5 Å². The Labute approximate surface area is 101 Å². The highest BCUT2D eigenvalue weighted by Gasteiger charge is 2.33. The van der Waals surface area contributed by atoms with Gasteiger partial charge in [0.05, 0.1) is 5.54 Å². The van der Waals surface area contributed by atoms with E-state index >= 15 is 0 Å². The number of carbonyl (C=O) groups excluding carboxylic acids is 1. The van der Waals surface area contributed by atoms with E-state index in [9.17, 15) is 4.79 Å². The number of hydrogen-bond donors (Lipinski definition) is 1. The summed E-state index contributed by atoms with van der Waals surface area (Å²) in [6.45, 7) is 4.13. The molecule has 0 radical (unpaired) electrons. The maximum absolute atomic E-state index is 11.3. The minimum atomic E-state index is -0.431. The third-order valence-corrected chi connectivity index (χ3v) is 2.84. The quantitative estimate of drug-likeness (QED) is 0.794. The fourth-order valence-electron chi connectivity index (χ4n) is 2.09. The van der Waals surface area contributed by atoms with Crippen LogP contribution in [0.4, 0.5) is 5.69 Å². The van der Waals surface area contributed by atoms with E-state index in [1.165, 1.54) is 0 Å². The van der Waals surface area contributed by atoms with Crippen molar-refractivity contribution < 1.29 is 4.79 Å². The maximum Gasteiger partial charge on any atom is 0.242 e. The van der Waals surface area contributed by atoms with Crippen LogP contribution in [0.25, 0.3) is 0 Å². The third kappa shape index (κ3) is 2.30. The smallest absolute Gasteiger partial charge is 0.242 e. The molecule has 0 fully saturated rings. The molecule has 0 spiro atoms. The zero-order valence-electron chi connectivity index (χ0n) is 10.4. The number of nitrogens with zero attached hydrogens (tertiary/aromatic N) is 2. The minimum Gasteiger partial charge on any atom is -0.342 e. The fraction of sp³-hybridized carbons (Fsp3) is 0.385. The Balaban J connectivity index is 2.31. The average Bonchev–Trinajstić information content (AvgIpc) is 2.28. The van der Waals surface area contributed by atoms with Gasteiger partial charge in [-0.05, 0) is 26.0 Å². The van der Waals surface area contributed by atoms with Crippen LogP contribution in [0.5, 0.6) is 0 Å². The van der Waals surface area contributed by atoms with Gasteiger partial charge in [0.15, 0.2) is 0 Å². The number of nitrogens with one attached hydrogen (secondary N) is 1. The molecule has 4 heteroatoms. The molecule has 90 valence electrons. The standard InChI is InChI=1S/C13H17N3O/c1-13(2)12(14-9-11(17)15-13)16(3)10-7-5-4-6-8-10/h4-8H,9H2,1-3H3,(H,15,17). The second-order valence-corrected chi connectivity index (χ2v) is 4.71. The van der Waals surface area contributed by atoms with Gasteiger partial charge in [0, 0.05) is 12.7 Å². The Hall–Kier alpha value is -1.84. The van der Waals surface area contributed by atoms with Crippen molar-refractivity contribution in [3.8, 4) is 0 Å². The number of rotatable bonds is 1. The number of likely N-dealkylation sites (N-methyl/N-ethyl adjacent to an activating group) is 1. The van der Waals surface area contributed by atoms with E-state index in [0.29, 0.717) is 0 Å². The molecule has 1 aliphatic heterocycles. The van der Waals surface area contributed by atoms with Gasteiger partial charge in [0.2, 0.25) is 5.91 Å². The first-order valence-electron chi connectivity index (χ1n) is 5.65. The first kappa shape index (κ1) is 11.6. The Morgan fingerprint density at radius 3 is 2.53 bits per heavy atom. The van der Waals surface area contributed by atoms with E-state index in [2.05, 4.69) is 10.3 Å². The number of benzene rings is 1. The summed E-state index contributed by atoms with van der Waals surface area (Å²) in [5.41, 5.74) is 0.635. The summed E-state index contributed by atoms with van der Waals surface area (Å²) in [7, 11) is 1.97. The molecular weight excluding hydrogens is 214 g/mol. The summed E-state index contributed by atoms with van der Waals surface area (Å²) in [5, 5.41) is 2.94. The number of amides is 1. The average molecular weight is 231 g/mol. The molecule has 0 aromatic heterocycles. The zero-order chi connectivity index (χ0) is 12.5. The van der Waals surface area contributed by atoms with Crippen molar-refractivity contribution in [2.75, 3.05) is 18.5 Å². The first-order chi connectivity index (χ1) is 8.00. The lowest BCUT2D eigenvalue weighted by Gasteiger charge is -2.36. The lowest BCUT2D eigenvalue weighted by atomic mass is 10.0. The van der Waals surface area contributed by atoms with Crippen LogP contribution in [0.2, 0.25) is 0 Å². The van der Waals surface area contributed by atoms with Crippen LogP contribution in [0.1, 0.15) is 13.8 Å². The molecular formula is C13H17N3O. The zero-order valence-corrected chi connectivity index (χ0v) is 10.4. The molecule has 1 amide bonds. The van der Waals surface area contributed by atoms with Gasteiger partial charge < -0.3 is 10.2 Å². The van der Waals surface area contributed by atoms with Crippen molar-refractivity contribution in [2.45, 2.75) is 19.4 Å². The van der Waals surface area contributed by atoms with Gasteiger partial charge in [-0.1, -0.05) is 18.2 Å². The van der Waals surface area contributed by atoms with Gasteiger partial charge in [-0.25, -0.2) is 0 Å². The van der Waals surface area contributed by atoms with E-state index in [1.54, 1.807) is 0 Å². The highest BCUT2D eigenvalue weighted by atomic mass is 16.2. The molecule has 1 heterocycles. The molecule has 0 saturated carbocycles. The maximum atomic E-state index is 11.3. The Kier molecular flexibility index (Phi) is 2.88. The lowest BCUT2D eigenvalue weighted by molar-refractivity contribution is -0.121. The molecule has 1 aliphatic rings. The predicted molar refractivity (Wildman–Crippen MR) is 69.4 cm³/mol. The van der Waals surface area contributed by atoms with Crippen LogP contribution in [0.15, 0.2) is 35.3 Å². The lowest BCUT2D eigenvalue weighted by Crippen LogP contribution is -2.59. The molecule has 1 aromatic rings. The van der Waals surface area contributed by atoms with Crippen LogP contribution in [-0.4, -0.2) is 30.9 Å².